The fourth-order valence-corrected chi connectivity index (χ4v) is 1.62. The van der Waals surface area contributed by atoms with E-state index in [0.29, 0.717) is 0 Å². The summed E-state index contributed by atoms with van der Waals surface area (Å²) in [5.74, 6) is -0.343. The minimum Gasteiger partial charge on any atom is -0.317 e. The minimum absolute atomic E-state index is 0.217. The summed E-state index contributed by atoms with van der Waals surface area (Å²) in [6.07, 6.45) is 3.15. The molecule has 1 rings (SSSR count). The lowest BCUT2D eigenvalue weighted by Gasteiger charge is -2.04. The van der Waals surface area contributed by atoms with Gasteiger partial charge in [-0.05, 0) is 50.0 Å². The number of hydrogen-bond donors (Lipinski definition) is 1. The molecule has 84 valence electrons. The average Bonchev–Trinajstić information content (AvgIpc) is 2.23. The van der Waals surface area contributed by atoms with E-state index in [0.717, 1.165) is 37.9 Å². The van der Waals surface area contributed by atoms with Crippen molar-refractivity contribution < 1.29 is 4.39 Å². The van der Waals surface area contributed by atoms with Crippen LogP contribution in [0.1, 0.15) is 25.3 Å². The van der Waals surface area contributed by atoms with Gasteiger partial charge < -0.3 is 5.32 Å². The average molecular weight is 230 g/mol. The van der Waals surface area contributed by atoms with Gasteiger partial charge in [-0.1, -0.05) is 24.6 Å². The molecule has 1 aromatic rings. The molecule has 0 saturated carbocycles. The quantitative estimate of drug-likeness (QED) is 0.738. The number of halogens is 2. The molecule has 0 amide bonds. The van der Waals surface area contributed by atoms with Crippen molar-refractivity contribution in [3.05, 3.63) is 34.6 Å². The summed E-state index contributed by atoms with van der Waals surface area (Å²) < 4.78 is 12.8. The highest BCUT2D eigenvalue weighted by atomic mass is 35.5. The Bertz CT molecular complexity index is 302. The number of aryl methyl sites for hydroxylation is 1. The molecule has 15 heavy (non-hydrogen) atoms. The second-order valence-corrected chi connectivity index (χ2v) is 4.01. The summed E-state index contributed by atoms with van der Waals surface area (Å²) in [4.78, 5) is 0. The van der Waals surface area contributed by atoms with E-state index >= 15 is 0 Å². The standard InChI is InChI=1S/C12H17ClFN/c1-2-7-15-8-3-4-10-5-6-12(14)11(13)9-10/h5-6,9,15H,2-4,7-8H2,1H3. The molecule has 1 N–H and O–H groups in total. The van der Waals surface area contributed by atoms with Crippen LogP contribution in [-0.2, 0) is 6.42 Å². The van der Waals surface area contributed by atoms with Crippen LogP contribution in [0.5, 0.6) is 0 Å². The van der Waals surface area contributed by atoms with Crippen LogP contribution in [0, 0.1) is 5.82 Å². The Morgan fingerprint density at radius 3 is 2.80 bits per heavy atom. The van der Waals surface area contributed by atoms with Gasteiger partial charge >= 0.3 is 0 Å². The van der Waals surface area contributed by atoms with Crippen molar-refractivity contribution in [3.63, 3.8) is 0 Å². The largest absolute Gasteiger partial charge is 0.317 e. The Kier molecular flexibility index (Phi) is 5.66. The van der Waals surface area contributed by atoms with Gasteiger partial charge in [-0.3, -0.25) is 0 Å². The van der Waals surface area contributed by atoms with Crippen molar-refractivity contribution >= 4 is 11.6 Å². The van der Waals surface area contributed by atoms with Gasteiger partial charge in [0.2, 0.25) is 0 Å². The molecule has 1 nitrogen and oxygen atoms in total. The predicted molar refractivity (Wildman–Crippen MR) is 62.9 cm³/mol. The molecule has 0 aromatic heterocycles. The van der Waals surface area contributed by atoms with Gasteiger partial charge in [0, 0.05) is 0 Å². The molecule has 0 aliphatic rings. The summed E-state index contributed by atoms with van der Waals surface area (Å²) in [7, 11) is 0. The number of hydrogen-bond acceptors (Lipinski definition) is 1. The van der Waals surface area contributed by atoms with Crippen molar-refractivity contribution in [2.24, 2.45) is 0 Å². The lowest BCUT2D eigenvalue weighted by atomic mass is 10.1. The monoisotopic (exact) mass is 229 g/mol. The third-order valence-electron chi connectivity index (χ3n) is 2.23. The molecule has 0 unspecified atom stereocenters. The molecule has 3 heteroatoms. The third kappa shape index (κ3) is 4.63. The number of rotatable bonds is 6. The summed E-state index contributed by atoms with van der Waals surface area (Å²) in [6.45, 7) is 4.21. The first kappa shape index (κ1) is 12.5. The van der Waals surface area contributed by atoms with E-state index in [1.807, 2.05) is 0 Å². The normalized spacial score (nSPS) is 10.6. The summed E-state index contributed by atoms with van der Waals surface area (Å²) >= 11 is 5.69. The highest BCUT2D eigenvalue weighted by Crippen LogP contribution is 2.16. The lowest BCUT2D eigenvalue weighted by Crippen LogP contribution is -2.16. The molecule has 0 fully saturated rings. The first-order chi connectivity index (χ1) is 7.24. The van der Waals surface area contributed by atoms with Gasteiger partial charge in [0.15, 0.2) is 0 Å². The van der Waals surface area contributed by atoms with Gasteiger partial charge in [-0.25, -0.2) is 4.39 Å². The summed E-state index contributed by atoms with van der Waals surface area (Å²) in [5.41, 5.74) is 1.10. The third-order valence-corrected chi connectivity index (χ3v) is 2.52. The molecular weight excluding hydrogens is 213 g/mol. The summed E-state index contributed by atoms with van der Waals surface area (Å²) in [5, 5.41) is 3.54. The highest BCUT2D eigenvalue weighted by Gasteiger charge is 2.00. The van der Waals surface area contributed by atoms with E-state index in [1.54, 1.807) is 12.1 Å². The molecule has 0 radical (unpaired) electrons. The van der Waals surface area contributed by atoms with Crippen LogP contribution in [0.2, 0.25) is 5.02 Å². The molecule has 0 aliphatic heterocycles. The van der Waals surface area contributed by atoms with Crippen molar-refractivity contribution in [2.45, 2.75) is 26.2 Å². The summed E-state index contributed by atoms with van der Waals surface area (Å²) in [6, 6.07) is 4.93. The van der Waals surface area contributed by atoms with Crippen molar-refractivity contribution in [3.8, 4) is 0 Å². The zero-order chi connectivity index (χ0) is 11.1. The van der Waals surface area contributed by atoms with E-state index in [-0.39, 0.29) is 10.8 Å². The second-order valence-electron chi connectivity index (χ2n) is 3.60. The van der Waals surface area contributed by atoms with E-state index in [1.165, 1.54) is 6.07 Å². The molecule has 0 spiro atoms. The number of nitrogens with one attached hydrogen (secondary N) is 1. The molecule has 0 aliphatic carbocycles. The van der Waals surface area contributed by atoms with Gasteiger partial charge in [0.25, 0.3) is 0 Å². The van der Waals surface area contributed by atoms with Crippen LogP contribution in [-0.4, -0.2) is 13.1 Å². The van der Waals surface area contributed by atoms with Crippen molar-refractivity contribution in [2.75, 3.05) is 13.1 Å². The smallest absolute Gasteiger partial charge is 0.141 e. The molecule has 1 aromatic carbocycles. The van der Waals surface area contributed by atoms with Crippen molar-refractivity contribution in [1.29, 1.82) is 0 Å². The van der Waals surface area contributed by atoms with Crippen molar-refractivity contribution in [1.82, 2.24) is 5.32 Å². The zero-order valence-electron chi connectivity index (χ0n) is 9.02. The van der Waals surface area contributed by atoms with Crippen LogP contribution in [0.25, 0.3) is 0 Å². The SMILES string of the molecule is CCCNCCCc1ccc(F)c(Cl)c1. The van der Waals surface area contributed by atoms with Gasteiger partial charge in [-0.2, -0.15) is 0 Å². The van der Waals surface area contributed by atoms with Gasteiger partial charge in [0.1, 0.15) is 5.82 Å². The molecule has 0 saturated heterocycles. The maximum atomic E-state index is 12.8. The maximum Gasteiger partial charge on any atom is 0.141 e. The Balaban J connectivity index is 2.28. The Morgan fingerprint density at radius 1 is 1.33 bits per heavy atom. The van der Waals surface area contributed by atoms with E-state index in [4.69, 9.17) is 11.6 Å². The van der Waals surface area contributed by atoms with E-state index in [9.17, 15) is 4.39 Å². The number of benzene rings is 1. The van der Waals surface area contributed by atoms with Crippen LogP contribution in [0.15, 0.2) is 18.2 Å². The highest BCUT2D eigenvalue weighted by molar-refractivity contribution is 6.30. The first-order valence-electron chi connectivity index (χ1n) is 5.38. The zero-order valence-corrected chi connectivity index (χ0v) is 9.78. The Labute approximate surface area is 95.6 Å². The second kappa shape index (κ2) is 6.81. The van der Waals surface area contributed by atoms with Gasteiger partial charge in [-0.15, -0.1) is 0 Å². The van der Waals surface area contributed by atoms with Gasteiger partial charge in [0.05, 0.1) is 5.02 Å². The first-order valence-corrected chi connectivity index (χ1v) is 5.76. The van der Waals surface area contributed by atoms with Crippen LogP contribution < -0.4 is 5.32 Å². The lowest BCUT2D eigenvalue weighted by molar-refractivity contribution is 0.624. The Morgan fingerprint density at radius 2 is 2.13 bits per heavy atom. The Hall–Kier alpha value is -0.600. The van der Waals surface area contributed by atoms with Crippen LogP contribution in [0.4, 0.5) is 4.39 Å². The van der Waals surface area contributed by atoms with E-state index < -0.39 is 0 Å². The fraction of sp³-hybridized carbons (Fsp3) is 0.500. The van der Waals surface area contributed by atoms with Crippen LogP contribution in [0.3, 0.4) is 0 Å². The predicted octanol–water partition coefficient (Wildman–Crippen LogP) is 3.41. The molecule has 0 bridgehead atoms. The molecular formula is C12H17ClFN. The minimum atomic E-state index is -0.343. The molecule has 0 heterocycles. The topological polar surface area (TPSA) is 12.0 Å². The maximum absolute atomic E-state index is 12.8. The van der Waals surface area contributed by atoms with E-state index in [2.05, 4.69) is 12.2 Å². The van der Waals surface area contributed by atoms with Crippen LogP contribution >= 0.6 is 11.6 Å². The molecule has 0 atom stereocenters. The fourth-order valence-electron chi connectivity index (χ4n) is 1.41.